The number of aromatic nitrogens is 6. The van der Waals surface area contributed by atoms with Crippen LogP contribution in [-0.2, 0) is 6.54 Å². The highest BCUT2D eigenvalue weighted by Crippen LogP contribution is 2.15. The van der Waals surface area contributed by atoms with E-state index in [1.165, 1.54) is 0 Å². The van der Waals surface area contributed by atoms with Gasteiger partial charge in [-0.2, -0.15) is 5.10 Å². The smallest absolute Gasteiger partial charge is 0.166 e. The van der Waals surface area contributed by atoms with E-state index in [9.17, 15) is 0 Å². The van der Waals surface area contributed by atoms with Gasteiger partial charge in [-0.05, 0) is 18.9 Å². The second kappa shape index (κ2) is 4.42. The Bertz CT molecular complexity index is 774. The minimum Gasteiger partial charge on any atom is -0.382 e. The van der Waals surface area contributed by atoms with E-state index in [0.29, 0.717) is 29.4 Å². The molecule has 3 heterocycles. The normalized spacial score (nSPS) is 10.4. The first kappa shape index (κ1) is 11.2. The minimum absolute atomic E-state index is 0.391. The summed E-state index contributed by atoms with van der Waals surface area (Å²) in [5.41, 5.74) is 7.88. The van der Waals surface area contributed by atoms with Crippen LogP contribution >= 0.6 is 0 Å². The average Bonchev–Trinajstić information content (AvgIpc) is 2.99. The standard InChI is InChI=1S/C12H11N7/c1-8-16-11(13)10-12(17-8)19(7-14-10)6-2-3-9-4-5-15-18-9/h4-5,7H,6H2,1H3,(H,15,18)(H2,13,16,17). The molecule has 0 spiro atoms. The molecule has 0 fully saturated rings. The van der Waals surface area contributed by atoms with E-state index >= 15 is 0 Å². The van der Waals surface area contributed by atoms with Crippen LogP contribution in [0.3, 0.4) is 0 Å². The lowest BCUT2D eigenvalue weighted by atomic mass is 10.4. The van der Waals surface area contributed by atoms with Gasteiger partial charge < -0.3 is 10.3 Å². The van der Waals surface area contributed by atoms with Crippen LogP contribution in [0.5, 0.6) is 0 Å². The van der Waals surface area contributed by atoms with Crippen molar-refractivity contribution in [3.05, 3.63) is 30.1 Å². The van der Waals surface area contributed by atoms with E-state index < -0.39 is 0 Å². The molecule has 0 bridgehead atoms. The van der Waals surface area contributed by atoms with Crippen LogP contribution in [0.4, 0.5) is 5.82 Å². The highest BCUT2D eigenvalue weighted by molar-refractivity contribution is 5.81. The molecule has 3 N–H and O–H groups in total. The molecular weight excluding hydrogens is 242 g/mol. The first-order valence-corrected chi connectivity index (χ1v) is 5.67. The Hall–Kier alpha value is -2.88. The van der Waals surface area contributed by atoms with Crippen molar-refractivity contribution in [3.8, 4) is 11.8 Å². The Morgan fingerprint density at radius 2 is 2.32 bits per heavy atom. The van der Waals surface area contributed by atoms with Gasteiger partial charge in [0.2, 0.25) is 0 Å². The van der Waals surface area contributed by atoms with Crippen LogP contribution in [0.1, 0.15) is 11.5 Å². The molecule has 3 aromatic heterocycles. The van der Waals surface area contributed by atoms with Crippen molar-refractivity contribution in [1.29, 1.82) is 0 Å². The van der Waals surface area contributed by atoms with Crippen molar-refractivity contribution < 1.29 is 0 Å². The zero-order valence-electron chi connectivity index (χ0n) is 10.3. The van der Waals surface area contributed by atoms with Gasteiger partial charge >= 0.3 is 0 Å². The molecular formula is C12H11N7. The van der Waals surface area contributed by atoms with Gasteiger partial charge in [0, 0.05) is 6.20 Å². The van der Waals surface area contributed by atoms with E-state index in [2.05, 4.69) is 37.0 Å². The highest BCUT2D eigenvalue weighted by atomic mass is 15.1. The van der Waals surface area contributed by atoms with Crippen LogP contribution < -0.4 is 5.73 Å². The summed E-state index contributed by atoms with van der Waals surface area (Å²) in [5.74, 6) is 7.00. The molecule has 3 aromatic rings. The molecule has 19 heavy (non-hydrogen) atoms. The lowest BCUT2D eigenvalue weighted by molar-refractivity contribution is 0.852. The molecule has 0 unspecified atom stereocenters. The van der Waals surface area contributed by atoms with Gasteiger partial charge in [-0.25, -0.2) is 15.0 Å². The van der Waals surface area contributed by atoms with E-state index in [1.54, 1.807) is 19.4 Å². The van der Waals surface area contributed by atoms with E-state index in [0.717, 1.165) is 5.69 Å². The van der Waals surface area contributed by atoms with Crippen molar-refractivity contribution in [2.24, 2.45) is 0 Å². The second-order valence-corrected chi connectivity index (χ2v) is 3.97. The molecule has 0 aliphatic heterocycles. The first-order chi connectivity index (χ1) is 9.24. The van der Waals surface area contributed by atoms with Gasteiger partial charge in [0.25, 0.3) is 0 Å². The predicted molar refractivity (Wildman–Crippen MR) is 69.9 cm³/mol. The maximum atomic E-state index is 5.80. The van der Waals surface area contributed by atoms with Crippen molar-refractivity contribution in [2.45, 2.75) is 13.5 Å². The number of imidazole rings is 1. The zero-order chi connectivity index (χ0) is 13.2. The van der Waals surface area contributed by atoms with Crippen molar-refractivity contribution in [3.63, 3.8) is 0 Å². The van der Waals surface area contributed by atoms with Crippen LogP contribution in [0.2, 0.25) is 0 Å². The fourth-order valence-electron chi connectivity index (χ4n) is 1.74. The molecule has 0 amide bonds. The Morgan fingerprint density at radius 1 is 1.42 bits per heavy atom. The number of aryl methyl sites for hydroxylation is 1. The van der Waals surface area contributed by atoms with E-state index in [-0.39, 0.29) is 0 Å². The third kappa shape index (κ3) is 2.11. The molecule has 0 aromatic carbocycles. The number of rotatable bonds is 1. The number of hydrogen-bond acceptors (Lipinski definition) is 5. The molecule has 7 heteroatoms. The van der Waals surface area contributed by atoms with Crippen molar-refractivity contribution in [2.75, 3.05) is 5.73 Å². The molecule has 0 radical (unpaired) electrons. The number of nitrogens with two attached hydrogens (primary N) is 1. The second-order valence-electron chi connectivity index (χ2n) is 3.97. The molecule has 3 rings (SSSR count). The molecule has 94 valence electrons. The van der Waals surface area contributed by atoms with Gasteiger partial charge in [-0.15, -0.1) is 0 Å². The van der Waals surface area contributed by atoms with Crippen LogP contribution in [0.25, 0.3) is 11.2 Å². The number of fused-ring (bicyclic) bond motifs is 1. The SMILES string of the molecule is Cc1nc(N)c2ncn(CC#Cc3ccn[nH]3)c2n1. The number of nitrogens with one attached hydrogen (secondary N) is 1. The lowest BCUT2D eigenvalue weighted by Gasteiger charge is -1.99. The summed E-state index contributed by atoms with van der Waals surface area (Å²) in [6.45, 7) is 2.27. The maximum absolute atomic E-state index is 5.80. The molecule has 0 saturated heterocycles. The summed E-state index contributed by atoms with van der Waals surface area (Å²) < 4.78 is 1.84. The number of hydrogen-bond donors (Lipinski definition) is 2. The summed E-state index contributed by atoms with van der Waals surface area (Å²) in [4.78, 5) is 12.6. The molecule has 0 saturated carbocycles. The number of anilines is 1. The molecule has 7 nitrogen and oxygen atoms in total. The topological polar surface area (TPSA) is 98.3 Å². The Kier molecular flexibility index (Phi) is 2.61. The van der Waals surface area contributed by atoms with Crippen LogP contribution in [-0.4, -0.2) is 29.7 Å². The van der Waals surface area contributed by atoms with Gasteiger partial charge in [-0.1, -0.05) is 5.92 Å². The zero-order valence-corrected chi connectivity index (χ0v) is 10.3. The summed E-state index contributed by atoms with van der Waals surface area (Å²) in [5, 5.41) is 6.61. The summed E-state index contributed by atoms with van der Waals surface area (Å²) >= 11 is 0. The Labute approximate surface area is 108 Å². The van der Waals surface area contributed by atoms with Crippen molar-refractivity contribution in [1.82, 2.24) is 29.7 Å². The van der Waals surface area contributed by atoms with E-state index in [4.69, 9.17) is 5.73 Å². The fraction of sp³-hybridized carbons (Fsp3) is 0.167. The Morgan fingerprint density at radius 3 is 3.11 bits per heavy atom. The first-order valence-electron chi connectivity index (χ1n) is 5.67. The lowest BCUT2D eigenvalue weighted by Crippen LogP contribution is -2.00. The monoisotopic (exact) mass is 253 g/mol. The molecule has 0 aliphatic carbocycles. The minimum atomic E-state index is 0.391. The molecule has 0 atom stereocenters. The summed E-state index contributed by atoms with van der Waals surface area (Å²) in [6.07, 6.45) is 3.32. The average molecular weight is 253 g/mol. The van der Waals surface area contributed by atoms with Gasteiger partial charge in [0.05, 0.1) is 12.9 Å². The van der Waals surface area contributed by atoms with Crippen LogP contribution in [0.15, 0.2) is 18.6 Å². The van der Waals surface area contributed by atoms with Crippen LogP contribution in [0, 0.1) is 18.8 Å². The number of nitrogen functional groups attached to an aromatic ring is 1. The quantitative estimate of drug-likeness (QED) is 0.615. The van der Waals surface area contributed by atoms with Gasteiger partial charge in [0.15, 0.2) is 11.5 Å². The third-order valence-electron chi connectivity index (χ3n) is 2.58. The Balaban J connectivity index is 1.93. The number of H-pyrrole nitrogens is 1. The maximum Gasteiger partial charge on any atom is 0.166 e. The summed E-state index contributed by atoms with van der Waals surface area (Å²) in [6, 6.07) is 1.81. The largest absolute Gasteiger partial charge is 0.382 e. The van der Waals surface area contributed by atoms with E-state index in [1.807, 2.05) is 10.6 Å². The fourth-order valence-corrected chi connectivity index (χ4v) is 1.74. The number of aromatic amines is 1. The highest BCUT2D eigenvalue weighted by Gasteiger charge is 2.08. The van der Waals surface area contributed by atoms with Gasteiger partial charge in [0.1, 0.15) is 17.0 Å². The third-order valence-corrected chi connectivity index (χ3v) is 2.58. The van der Waals surface area contributed by atoms with Gasteiger partial charge in [-0.3, -0.25) is 5.10 Å². The molecule has 0 aliphatic rings. The summed E-state index contributed by atoms with van der Waals surface area (Å²) in [7, 11) is 0. The predicted octanol–water partition coefficient (Wildman–Crippen LogP) is 0.492. The number of nitrogens with zero attached hydrogens (tertiary/aromatic N) is 5. The van der Waals surface area contributed by atoms with Crippen molar-refractivity contribution >= 4 is 17.0 Å².